The predicted octanol–water partition coefficient (Wildman–Crippen LogP) is 5.08. The second kappa shape index (κ2) is 8.69. The van der Waals surface area contributed by atoms with Gasteiger partial charge in [0.15, 0.2) is 0 Å². The topological polar surface area (TPSA) is 61.1 Å². The van der Waals surface area contributed by atoms with Crippen LogP contribution in [0.5, 0.6) is 0 Å². The zero-order chi connectivity index (χ0) is 17.4. The van der Waals surface area contributed by atoms with Gasteiger partial charge in [-0.05, 0) is 35.1 Å². The summed E-state index contributed by atoms with van der Waals surface area (Å²) in [5.74, 6) is -1.07. The molecule has 0 bridgehead atoms. The maximum atomic E-state index is 11.6. The van der Waals surface area contributed by atoms with Crippen molar-refractivity contribution in [2.45, 2.75) is 32.6 Å². The molecule has 0 unspecified atom stereocenters. The third-order valence-electron chi connectivity index (χ3n) is 4.02. The van der Waals surface area contributed by atoms with E-state index in [9.17, 15) is 9.90 Å². The normalized spacial score (nSPS) is 11.1. The number of nitriles is 1. The second-order valence-electron chi connectivity index (χ2n) is 5.65. The average Bonchev–Trinajstić information content (AvgIpc) is 2.60. The van der Waals surface area contributed by atoms with Gasteiger partial charge in [0.1, 0.15) is 0 Å². The molecule has 0 aliphatic carbocycles. The lowest BCUT2D eigenvalue weighted by molar-refractivity contribution is -0.130. The first-order chi connectivity index (χ1) is 11.7. The minimum atomic E-state index is -1.07. The molecule has 3 nitrogen and oxygen atoms in total. The summed E-state index contributed by atoms with van der Waals surface area (Å²) in [7, 11) is 0. The fourth-order valence-electron chi connectivity index (χ4n) is 2.87. The van der Waals surface area contributed by atoms with Crippen LogP contribution in [-0.4, -0.2) is 11.1 Å². The summed E-state index contributed by atoms with van der Waals surface area (Å²) in [6, 6.07) is 17.5. The molecule has 2 aromatic rings. The van der Waals surface area contributed by atoms with Gasteiger partial charge in [-0.3, -0.25) is 0 Å². The van der Waals surface area contributed by atoms with Crippen molar-refractivity contribution >= 4 is 11.5 Å². The van der Waals surface area contributed by atoms with Crippen LogP contribution >= 0.6 is 0 Å². The standard InChI is InChI=1S/C21H21NO2/c1-2-3-5-11-18-17(16-9-6-4-7-10-16)12-8-13-19(18)20(14-15-22)21(23)24/h4,6-10,12-14H,2-3,5,11H2,1H3,(H,23,24). The Morgan fingerprint density at radius 1 is 1.12 bits per heavy atom. The molecule has 0 aliphatic heterocycles. The lowest BCUT2D eigenvalue weighted by Crippen LogP contribution is -2.05. The largest absolute Gasteiger partial charge is 0.478 e. The Morgan fingerprint density at radius 2 is 1.88 bits per heavy atom. The fourth-order valence-corrected chi connectivity index (χ4v) is 2.87. The Kier molecular flexibility index (Phi) is 6.33. The maximum absolute atomic E-state index is 11.6. The van der Waals surface area contributed by atoms with Crippen LogP contribution in [0.2, 0.25) is 0 Å². The van der Waals surface area contributed by atoms with Gasteiger partial charge in [-0.15, -0.1) is 0 Å². The SMILES string of the molecule is CCCCCc1c(C(=CC#N)C(=O)O)cccc1-c1ccccc1. The van der Waals surface area contributed by atoms with Crippen LogP contribution in [0.3, 0.4) is 0 Å². The van der Waals surface area contributed by atoms with Crippen molar-refractivity contribution in [1.29, 1.82) is 5.26 Å². The fraction of sp³-hybridized carbons (Fsp3) is 0.238. The van der Waals surface area contributed by atoms with Crippen molar-refractivity contribution in [3.63, 3.8) is 0 Å². The zero-order valence-electron chi connectivity index (χ0n) is 13.8. The molecule has 0 atom stereocenters. The number of benzene rings is 2. The molecule has 122 valence electrons. The van der Waals surface area contributed by atoms with E-state index in [1.165, 1.54) is 0 Å². The quantitative estimate of drug-likeness (QED) is 0.440. The van der Waals surface area contributed by atoms with Crippen LogP contribution in [0, 0.1) is 11.3 Å². The molecule has 0 spiro atoms. The minimum Gasteiger partial charge on any atom is -0.478 e. The van der Waals surface area contributed by atoms with Crippen molar-refractivity contribution in [3.8, 4) is 17.2 Å². The number of nitrogens with zero attached hydrogens (tertiary/aromatic N) is 1. The van der Waals surface area contributed by atoms with Crippen LogP contribution in [0.1, 0.15) is 37.3 Å². The third-order valence-corrected chi connectivity index (χ3v) is 4.02. The highest BCUT2D eigenvalue weighted by Gasteiger charge is 2.17. The molecular weight excluding hydrogens is 298 g/mol. The number of rotatable bonds is 7. The number of carboxylic acids is 1. The molecule has 0 aromatic heterocycles. The van der Waals surface area contributed by atoms with Crippen LogP contribution in [0.25, 0.3) is 16.7 Å². The summed E-state index contributed by atoms with van der Waals surface area (Å²) in [6.45, 7) is 2.14. The van der Waals surface area contributed by atoms with E-state index in [1.807, 2.05) is 48.5 Å². The molecule has 0 saturated heterocycles. The molecule has 24 heavy (non-hydrogen) atoms. The van der Waals surface area contributed by atoms with Crippen molar-refractivity contribution in [1.82, 2.24) is 0 Å². The zero-order valence-corrected chi connectivity index (χ0v) is 13.8. The number of unbranched alkanes of at least 4 members (excludes halogenated alkanes) is 2. The first-order valence-corrected chi connectivity index (χ1v) is 8.19. The highest BCUT2D eigenvalue weighted by Crippen LogP contribution is 2.31. The van der Waals surface area contributed by atoms with Crippen molar-refractivity contribution in [2.24, 2.45) is 0 Å². The van der Waals surface area contributed by atoms with Gasteiger partial charge in [0.25, 0.3) is 0 Å². The van der Waals surface area contributed by atoms with Gasteiger partial charge in [-0.1, -0.05) is 68.3 Å². The minimum absolute atomic E-state index is 0.0572. The Hall–Kier alpha value is -2.86. The predicted molar refractivity (Wildman–Crippen MR) is 96.3 cm³/mol. The molecule has 3 heteroatoms. The summed E-state index contributed by atoms with van der Waals surface area (Å²) in [5.41, 5.74) is 3.80. The molecule has 2 aromatic carbocycles. The second-order valence-corrected chi connectivity index (χ2v) is 5.65. The van der Waals surface area contributed by atoms with Crippen molar-refractivity contribution < 1.29 is 9.90 Å². The van der Waals surface area contributed by atoms with Gasteiger partial charge in [-0.2, -0.15) is 5.26 Å². The van der Waals surface area contributed by atoms with E-state index >= 15 is 0 Å². The average molecular weight is 319 g/mol. The molecule has 0 amide bonds. The Morgan fingerprint density at radius 3 is 2.50 bits per heavy atom. The van der Waals surface area contributed by atoms with Gasteiger partial charge < -0.3 is 5.11 Å². The molecule has 0 aliphatic rings. The van der Waals surface area contributed by atoms with Crippen LogP contribution in [0.15, 0.2) is 54.6 Å². The lowest BCUT2D eigenvalue weighted by Gasteiger charge is -2.15. The number of hydrogen-bond donors (Lipinski definition) is 1. The van der Waals surface area contributed by atoms with E-state index in [1.54, 1.807) is 6.07 Å². The molecular formula is C21H21NO2. The summed E-state index contributed by atoms with van der Waals surface area (Å²) < 4.78 is 0. The Balaban J connectivity index is 2.60. The number of carbonyl (C=O) groups is 1. The van der Waals surface area contributed by atoms with E-state index in [0.717, 1.165) is 48.4 Å². The van der Waals surface area contributed by atoms with Crippen LogP contribution in [0.4, 0.5) is 0 Å². The van der Waals surface area contributed by atoms with E-state index in [0.29, 0.717) is 5.56 Å². The first kappa shape index (κ1) is 17.5. The maximum Gasteiger partial charge on any atom is 0.337 e. The number of carboxylic acid groups (broad SMARTS) is 1. The van der Waals surface area contributed by atoms with Gasteiger partial charge in [0.05, 0.1) is 11.6 Å². The highest BCUT2D eigenvalue weighted by molar-refractivity contribution is 6.16. The summed E-state index contributed by atoms with van der Waals surface area (Å²) >= 11 is 0. The summed E-state index contributed by atoms with van der Waals surface area (Å²) in [6.07, 6.45) is 5.10. The van der Waals surface area contributed by atoms with Crippen molar-refractivity contribution in [2.75, 3.05) is 0 Å². The molecule has 0 saturated carbocycles. The van der Waals surface area contributed by atoms with Gasteiger partial charge in [-0.25, -0.2) is 4.79 Å². The van der Waals surface area contributed by atoms with Gasteiger partial charge in [0, 0.05) is 6.08 Å². The van der Waals surface area contributed by atoms with Gasteiger partial charge >= 0.3 is 5.97 Å². The molecule has 1 N–H and O–H groups in total. The summed E-state index contributed by atoms with van der Waals surface area (Å²) in [5, 5.41) is 18.4. The monoisotopic (exact) mass is 319 g/mol. The van der Waals surface area contributed by atoms with Gasteiger partial charge in [0.2, 0.25) is 0 Å². The third kappa shape index (κ3) is 4.11. The molecule has 0 heterocycles. The van der Waals surface area contributed by atoms with Crippen LogP contribution in [-0.2, 0) is 11.2 Å². The molecule has 0 radical (unpaired) electrons. The van der Waals surface area contributed by atoms with E-state index in [-0.39, 0.29) is 5.57 Å². The number of hydrogen-bond acceptors (Lipinski definition) is 2. The Labute approximate surface area is 142 Å². The summed E-state index contributed by atoms with van der Waals surface area (Å²) in [4.78, 5) is 11.6. The highest BCUT2D eigenvalue weighted by atomic mass is 16.4. The molecule has 2 rings (SSSR count). The smallest absolute Gasteiger partial charge is 0.337 e. The number of aliphatic carboxylic acids is 1. The first-order valence-electron chi connectivity index (χ1n) is 8.19. The Bertz CT molecular complexity index is 770. The molecule has 0 fully saturated rings. The van der Waals surface area contributed by atoms with E-state index in [4.69, 9.17) is 5.26 Å². The van der Waals surface area contributed by atoms with E-state index in [2.05, 4.69) is 6.92 Å². The van der Waals surface area contributed by atoms with E-state index < -0.39 is 5.97 Å². The number of allylic oxidation sites excluding steroid dienone is 1. The van der Waals surface area contributed by atoms with Crippen LogP contribution < -0.4 is 0 Å². The van der Waals surface area contributed by atoms with Crippen molar-refractivity contribution in [3.05, 3.63) is 65.7 Å². The lowest BCUT2D eigenvalue weighted by atomic mass is 9.88.